The number of phosphoric ester groups is 1. The Balaban J connectivity index is 1.07. The van der Waals surface area contributed by atoms with Crippen molar-refractivity contribution < 1.29 is 42.4 Å². The molecule has 16 nitrogen and oxygen atoms in total. The van der Waals surface area contributed by atoms with Crippen LogP contribution in [-0.2, 0) is 53.5 Å². The standard InChI is InChI=1S/C43H41N6O10P/c1-4-57-60(56,58-5-2)59-23-9-8-10-29-13-15-30(16-14-29)24-38(51)36-12-7-6-11-32(36)25-35(50)21-22-37(43(54)55)49-41(52)31-17-19-33(20-18-31)44-26-34-27-45-40-39(48-34)42(53)47-28(3)46-40/h1-2,6-7,11-20,27,37,44H,8-10,21-26H2,3H3,(H,49,52)(H,54,55)(H,45,46,47,53)/t37-/m0/s1. The van der Waals surface area contributed by atoms with E-state index in [4.69, 9.17) is 17.4 Å². The van der Waals surface area contributed by atoms with Gasteiger partial charge in [0.1, 0.15) is 29.9 Å². The van der Waals surface area contributed by atoms with Gasteiger partial charge in [-0.2, -0.15) is 0 Å². The van der Waals surface area contributed by atoms with E-state index < -0.39 is 31.3 Å². The Bertz CT molecular complexity index is 2530. The van der Waals surface area contributed by atoms with Gasteiger partial charge in [-0.15, -0.1) is 0 Å². The number of Topliss-reactive ketones (excluding diaryl/α,β-unsaturated/α-hetero) is 2. The number of nitrogens with zero attached hydrogens (tertiary/aromatic N) is 3. The van der Waals surface area contributed by atoms with Crippen LogP contribution in [0.5, 0.6) is 0 Å². The van der Waals surface area contributed by atoms with Crippen LogP contribution in [0, 0.1) is 32.0 Å². The topological polar surface area (TPSA) is 229 Å². The summed E-state index contributed by atoms with van der Waals surface area (Å²) in [7, 11) is -4.00. The number of terminal acetylenes is 2. The summed E-state index contributed by atoms with van der Waals surface area (Å²) in [6.45, 7) is 1.94. The zero-order chi connectivity index (χ0) is 43.1. The van der Waals surface area contributed by atoms with Gasteiger partial charge in [0.05, 0.1) is 25.0 Å². The van der Waals surface area contributed by atoms with Gasteiger partial charge in [-0.1, -0.05) is 61.4 Å². The first-order chi connectivity index (χ1) is 28.9. The zero-order valence-corrected chi connectivity index (χ0v) is 33.4. The molecule has 0 saturated carbocycles. The normalized spacial score (nSPS) is 11.4. The van der Waals surface area contributed by atoms with Crippen molar-refractivity contribution in [3.63, 3.8) is 0 Å². The molecule has 60 heavy (non-hydrogen) atoms. The molecule has 1 amide bonds. The zero-order valence-electron chi connectivity index (χ0n) is 32.5. The predicted molar refractivity (Wildman–Crippen MR) is 221 cm³/mol. The lowest BCUT2D eigenvalue weighted by Crippen LogP contribution is -2.41. The summed E-state index contributed by atoms with van der Waals surface area (Å²) < 4.78 is 26.3. The lowest BCUT2D eigenvalue weighted by Gasteiger charge is -2.15. The minimum absolute atomic E-state index is 0.0534. The Hall–Kier alpha value is -7.13. The molecule has 0 radical (unpaired) electrons. The molecular weight excluding hydrogens is 791 g/mol. The fraction of sp³-hybridized carbons (Fsp3) is 0.256. The minimum atomic E-state index is -4.00. The number of ketones is 2. The quantitative estimate of drug-likeness (QED) is 0.0293. The van der Waals surface area contributed by atoms with Crippen molar-refractivity contribution in [2.45, 2.75) is 64.5 Å². The van der Waals surface area contributed by atoms with Crippen LogP contribution in [0.25, 0.3) is 11.2 Å². The fourth-order valence-electron chi connectivity index (χ4n) is 6.04. The number of nitrogens with one attached hydrogen (secondary N) is 3. The number of aliphatic carboxylic acids is 1. The molecule has 0 spiro atoms. The molecule has 0 aliphatic carbocycles. The Morgan fingerprint density at radius 1 is 0.917 bits per heavy atom. The van der Waals surface area contributed by atoms with Crippen LogP contribution in [0.1, 0.15) is 74.6 Å². The van der Waals surface area contributed by atoms with E-state index in [1.54, 1.807) is 55.5 Å². The molecule has 1 atom stereocenters. The second kappa shape index (κ2) is 21.0. The minimum Gasteiger partial charge on any atom is -0.480 e. The van der Waals surface area contributed by atoms with E-state index in [0.29, 0.717) is 47.6 Å². The van der Waals surface area contributed by atoms with Gasteiger partial charge in [0.2, 0.25) is 0 Å². The highest BCUT2D eigenvalue weighted by Crippen LogP contribution is 2.48. The van der Waals surface area contributed by atoms with Gasteiger partial charge in [0.15, 0.2) is 16.9 Å². The smallest absolute Gasteiger partial charge is 0.480 e. The number of carboxylic acid groups (broad SMARTS) is 1. The van der Waals surface area contributed by atoms with Crippen molar-refractivity contribution in [1.29, 1.82) is 0 Å². The van der Waals surface area contributed by atoms with E-state index in [9.17, 15) is 33.6 Å². The van der Waals surface area contributed by atoms with Gasteiger partial charge >= 0.3 is 13.8 Å². The molecular formula is C43H41N6O10P. The average Bonchev–Trinajstić information content (AvgIpc) is 3.22. The van der Waals surface area contributed by atoms with Crippen LogP contribution in [0.2, 0.25) is 0 Å². The highest BCUT2D eigenvalue weighted by molar-refractivity contribution is 7.48. The first-order valence-corrected chi connectivity index (χ1v) is 20.2. The fourth-order valence-corrected chi connectivity index (χ4v) is 6.80. The van der Waals surface area contributed by atoms with Crippen LogP contribution in [0.4, 0.5) is 5.69 Å². The number of fused-ring (bicyclic) bond motifs is 1. The number of unbranched alkanes of at least 4 members (excludes halogenated alkanes) is 1. The maximum absolute atomic E-state index is 13.4. The third-order valence-electron chi connectivity index (χ3n) is 9.05. The first kappa shape index (κ1) is 44.0. The molecule has 5 aromatic rings. The number of benzene rings is 3. The SMILES string of the molecule is C#COP(=O)(OC#C)OCCCCc1ccc(CC(=O)c2ccccc2CC(=O)CC[C@H](NC(=O)c2ccc(NCc3cnc4nc(C)[nH]c(=O)c4n3)cc2)C(=O)O)cc1. The molecule has 2 aromatic heterocycles. The second-order valence-corrected chi connectivity index (χ2v) is 15.0. The van der Waals surface area contributed by atoms with Crippen LogP contribution in [-0.4, -0.2) is 61.1 Å². The number of carboxylic acids is 1. The maximum atomic E-state index is 13.4. The van der Waals surface area contributed by atoms with Crippen molar-refractivity contribution in [3.8, 4) is 25.1 Å². The van der Waals surface area contributed by atoms with Crippen LogP contribution in [0.3, 0.4) is 0 Å². The number of carbonyl (C=O) groups excluding carboxylic acids is 3. The van der Waals surface area contributed by atoms with Crippen molar-refractivity contribution in [1.82, 2.24) is 25.3 Å². The number of aromatic amines is 1. The average molecular weight is 833 g/mol. The third kappa shape index (κ3) is 12.7. The second-order valence-electron chi connectivity index (χ2n) is 13.5. The van der Waals surface area contributed by atoms with Gasteiger partial charge in [-0.25, -0.2) is 24.3 Å². The number of amides is 1. The van der Waals surface area contributed by atoms with E-state index in [0.717, 1.165) is 11.1 Å². The summed E-state index contributed by atoms with van der Waals surface area (Å²) in [6, 6.07) is 19.3. The summed E-state index contributed by atoms with van der Waals surface area (Å²) in [5.41, 5.74) is 4.01. The van der Waals surface area contributed by atoms with E-state index >= 15 is 0 Å². The third-order valence-corrected chi connectivity index (χ3v) is 10.2. The monoisotopic (exact) mass is 832 g/mol. The molecule has 17 heteroatoms. The summed E-state index contributed by atoms with van der Waals surface area (Å²) in [5.74, 6) is -1.96. The molecule has 5 rings (SSSR count). The van der Waals surface area contributed by atoms with Crippen molar-refractivity contribution in [2.24, 2.45) is 0 Å². The number of carbonyl (C=O) groups is 4. The van der Waals surface area contributed by atoms with Gasteiger partial charge in [0.25, 0.3) is 11.5 Å². The van der Waals surface area contributed by atoms with Gasteiger partial charge in [-0.3, -0.25) is 23.7 Å². The number of phosphoric acid groups is 1. The van der Waals surface area contributed by atoms with Crippen molar-refractivity contribution in [2.75, 3.05) is 11.9 Å². The van der Waals surface area contributed by atoms with E-state index in [2.05, 4.69) is 39.6 Å². The number of H-pyrrole nitrogens is 1. The number of aryl methyl sites for hydroxylation is 2. The maximum Gasteiger partial charge on any atom is 0.604 e. The Kier molecular flexibility index (Phi) is 15.4. The van der Waals surface area contributed by atoms with Gasteiger partial charge < -0.3 is 29.8 Å². The number of hydrogen-bond donors (Lipinski definition) is 4. The van der Waals surface area contributed by atoms with E-state index in [1.165, 1.54) is 18.3 Å². The molecule has 2 heterocycles. The highest BCUT2D eigenvalue weighted by Gasteiger charge is 2.28. The van der Waals surface area contributed by atoms with Gasteiger partial charge in [-0.05, 0) is 73.6 Å². The molecule has 3 aromatic carbocycles. The van der Waals surface area contributed by atoms with Crippen molar-refractivity contribution in [3.05, 3.63) is 129 Å². The predicted octanol–water partition coefficient (Wildman–Crippen LogP) is 5.50. The number of hydrogen-bond acceptors (Lipinski definition) is 13. The van der Waals surface area contributed by atoms with Crippen LogP contribution >= 0.6 is 7.82 Å². The Morgan fingerprint density at radius 2 is 1.62 bits per heavy atom. The number of rotatable bonds is 22. The highest BCUT2D eigenvalue weighted by atomic mass is 31.2. The number of anilines is 1. The number of aromatic nitrogens is 4. The molecule has 0 unspecified atom stereocenters. The Morgan fingerprint density at radius 3 is 2.32 bits per heavy atom. The van der Waals surface area contributed by atoms with Crippen molar-refractivity contribution >= 4 is 48.1 Å². The summed E-state index contributed by atoms with van der Waals surface area (Å²) in [5, 5.41) is 15.5. The Labute approximate surface area is 345 Å². The molecule has 0 aliphatic rings. The van der Waals surface area contributed by atoms with Gasteiger partial charge in [0, 0.05) is 36.1 Å². The van der Waals surface area contributed by atoms with Crippen LogP contribution in [0.15, 0.2) is 83.8 Å². The first-order valence-electron chi connectivity index (χ1n) is 18.7. The largest absolute Gasteiger partial charge is 0.604 e. The van der Waals surface area contributed by atoms with E-state index in [-0.39, 0.29) is 67.1 Å². The molecule has 4 N–H and O–H groups in total. The molecule has 0 bridgehead atoms. The van der Waals surface area contributed by atoms with Crippen LogP contribution < -0.4 is 16.2 Å². The molecule has 0 saturated heterocycles. The molecule has 308 valence electrons. The lowest BCUT2D eigenvalue weighted by molar-refractivity contribution is -0.139. The summed E-state index contributed by atoms with van der Waals surface area (Å²) in [4.78, 5) is 79.0. The lowest BCUT2D eigenvalue weighted by atomic mass is 9.94. The summed E-state index contributed by atoms with van der Waals surface area (Å²) >= 11 is 0. The van der Waals surface area contributed by atoms with E-state index in [1.807, 2.05) is 24.3 Å². The molecule has 0 aliphatic heterocycles. The molecule has 0 fully saturated rings. The summed E-state index contributed by atoms with van der Waals surface area (Å²) in [6.07, 6.45) is 16.6.